The topological polar surface area (TPSA) is 110 Å². The first-order chi connectivity index (χ1) is 20.0. The molecule has 212 valence electrons. The summed E-state index contributed by atoms with van der Waals surface area (Å²) in [4.78, 5) is 20.2. The highest BCUT2D eigenvalue weighted by Gasteiger charge is 2.26. The average molecular weight is 560 g/mol. The molecule has 10 nitrogen and oxygen atoms in total. The zero-order valence-corrected chi connectivity index (χ0v) is 22.7. The van der Waals surface area contributed by atoms with Crippen LogP contribution in [0, 0.1) is 18.6 Å². The molecule has 1 aliphatic heterocycles. The Morgan fingerprint density at radius 3 is 2.78 bits per heavy atom. The van der Waals surface area contributed by atoms with Crippen LogP contribution in [-0.4, -0.2) is 70.5 Å². The van der Waals surface area contributed by atoms with Crippen LogP contribution >= 0.6 is 0 Å². The van der Waals surface area contributed by atoms with Crippen LogP contribution in [0.3, 0.4) is 0 Å². The van der Waals surface area contributed by atoms with Crippen molar-refractivity contribution in [3.8, 4) is 5.75 Å². The largest absolute Gasteiger partial charge is 0.468 e. The fourth-order valence-corrected chi connectivity index (χ4v) is 4.96. The minimum atomic E-state index is -0.636. The van der Waals surface area contributed by atoms with Gasteiger partial charge in [0.1, 0.15) is 11.7 Å². The number of hydrogen-bond donors (Lipinski definition) is 3. The maximum Gasteiger partial charge on any atom is 0.181 e. The number of pyridine rings is 1. The number of hydrogen-bond acceptors (Lipinski definition) is 7. The van der Waals surface area contributed by atoms with Crippen molar-refractivity contribution in [3.63, 3.8) is 0 Å². The molecule has 0 bridgehead atoms. The predicted octanol–water partition coefficient (Wildman–Crippen LogP) is 4.96. The Hall–Kier alpha value is -4.74. The standard InChI is InChI=1S/C29H31F2N9O/c1-18-12-21-28(31)24(13-22(30)29(21)35-18)41-17-34-27(40-10-8-39(9-11-40)20-4-3-7-33-16-20)15-25(32-2)36-26-14-23(37-38-26)19-5-6-19/h3-4,7,12-16,19,35H,2,5-6,8-11,17H2,1H3,(H2,36,37,38)/b25-15+,34-27+. The van der Waals surface area contributed by atoms with E-state index in [1.54, 1.807) is 25.3 Å². The molecular formula is C29H31F2N9O. The summed E-state index contributed by atoms with van der Waals surface area (Å²) in [7, 11) is 0. The molecule has 1 saturated carbocycles. The van der Waals surface area contributed by atoms with Gasteiger partial charge in [-0.05, 0) is 44.7 Å². The second kappa shape index (κ2) is 11.4. The van der Waals surface area contributed by atoms with Gasteiger partial charge in [-0.1, -0.05) is 0 Å². The minimum absolute atomic E-state index is 0.113. The molecule has 0 radical (unpaired) electrons. The third-order valence-corrected chi connectivity index (χ3v) is 7.27. The van der Waals surface area contributed by atoms with Crippen molar-refractivity contribution in [2.45, 2.75) is 25.7 Å². The van der Waals surface area contributed by atoms with Gasteiger partial charge >= 0.3 is 0 Å². The van der Waals surface area contributed by atoms with E-state index in [1.807, 2.05) is 24.4 Å². The number of nitrogens with zero attached hydrogens (tertiary/aromatic N) is 6. The summed E-state index contributed by atoms with van der Waals surface area (Å²) >= 11 is 0. The SMILES string of the molecule is C=N/C(=C\C(=N/COc1cc(F)c2[nH]c(C)cc2c1F)N1CCN(c2cccnc2)CC1)Nc1cc(C2CC2)[nH]n1. The van der Waals surface area contributed by atoms with Gasteiger partial charge in [0.15, 0.2) is 29.9 Å². The first-order valence-corrected chi connectivity index (χ1v) is 13.5. The maximum atomic E-state index is 15.1. The lowest BCUT2D eigenvalue weighted by molar-refractivity contribution is 0.308. The number of nitrogens with one attached hydrogen (secondary N) is 3. The first-order valence-electron chi connectivity index (χ1n) is 13.5. The lowest BCUT2D eigenvalue weighted by Crippen LogP contribution is -2.48. The Kier molecular flexibility index (Phi) is 7.36. The monoisotopic (exact) mass is 559 g/mol. The van der Waals surface area contributed by atoms with Gasteiger partial charge in [-0.2, -0.15) is 5.10 Å². The minimum Gasteiger partial charge on any atom is -0.468 e. The summed E-state index contributed by atoms with van der Waals surface area (Å²) in [6.07, 6.45) is 7.68. The number of benzene rings is 1. The van der Waals surface area contributed by atoms with Crippen LogP contribution in [-0.2, 0) is 0 Å². The summed E-state index contributed by atoms with van der Waals surface area (Å²) in [5, 5.41) is 10.7. The molecule has 12 heteroatoms. The number of aromatic nitrogens is 4. The van der Waals surface area contributed by atoms with Crippen molar-refractivity contribution in [1.29, 1.82) is 0 Å². The second-order valence-electron chi connectivity index (χ2n) is 10.2. The molecule has 0 atom stereocenters. The molecule has 6 rings (SSSR count). The number of anilines is 2. The third-order valence-electron chi connectivity index (χ3n) is 7.27. The number of amidine groups is 1. The molecule has 4 heterocycles. The van der Waals surface area contributed by atoms with Gasteiger partial charge in [-0.25, -0.2) is 18.8 Å². The fourth-order valence-electron chi connectivity index (χ4n) is 4.96. The van der Waals surface area contributed by atoms with Crippen molar-refractivity contribution in [2.24, 2.45) is 9.98 Å². The van der Waals surface area contributed by atoms with Gasteiger partial charge in [-0.3, -0.25) is 10.1 Å². The van der Waals surface area contributed by atoms with Crippen molar-refractivity contribution in [2.75, 3.05) is 43.1 Å². The van der Waals surface area contributed by atoms with Crippen molar-refractivity contribution >= 4 is 35.0 Å². The number of aliphatic imine (C=N–C) groups is 2. The van der Waals surface area contributed by atoms with Crippen LogP contribution in [0.1, 0.15) is 30.1 Å². The number of halogens is 2. The molecule has 1 aliphatic carbocycles. The van der Waals surface area contributed by atoms with Gasteiger partial charge in [-0.15, -0.1) is 0 Å². The van der Waals surface area contributed by atoms with E-state index in [0.29, 0.717) is 42.2 Å². The predicted molar refractivity (Wildman–Crippen MR) is 156 cm³/mol. The number of ether oxygens (including phenoxy) is 1. The molecule has 1 saturated heterocycles. The normalized spacial score (nSPS) is 16.4. The highest BCUT2D eigenvalue weighted by atomic mass is 19.1. The fraction of sp³-hybridized carbons (Fsp3) is 0.310. The van der Waals surface area contributed by atoms with E-state index in [2.05, 4.69) is 52.0 Å². The van der Waals surface area contributed by atoms with Crippen LogP contribution in [0.4, 0.5) is 20.3 Å². The maximum absolute atomic E-state index is 15.1. The Morgan fingerprint density at radius 1 is 1.22 bits per heavy atom. The van der Waals surface area contributed by atoms with Gasteiger partial charge in [0, 0.05) is 73.3 Å². The molecule has 2 aliphatic rings. The van der Waals surface area contributed by atoms with E-state index in [0.717, 1.165) is 43.4 Å². The van der Waals surface area contributed by atoms with Gasteiger partial charge in [0.25, 0.3) is 0 Å². The quantitative estimate of drug-likeness (QED) is 0.198. The lowest BCUT2D eigenvalue weighted by atomic mass is 10.2. The van der Waals surface area contributed by atoms with Crippen LogP contribution < -0.4 is 15.0 Å². The Labute approximate surface area is 235 Å². The van der Waals surface area contributed by atoms with Crippen molar-refractivity contribution < 1.29 is 13.5 Å². The van der Waals surface area contributed by atoms with Crippen molar-refractivity contribution in [3.05, 3.63) is 77.6 Å². The molecule has 4 aromatic rings. The summed E-state index contributed by atoms with van der Waals surface area (Å²) in [6.45, 7) is 8.05. The van der Waals surface area contributed by atoms with Crippen LogP contribution in [0.15, 0.2) is 64.6 Å². The first kappa shape index (κ1) is 26.5. The number of rotatable bonds is 9. The summed E-state index contributed by atoms with van der Waals surface area (Å²) in [5.41, 5.74) is 2.91. The van der Waals surface area contributed by atoms with Crippen LogP contribution in [0.5, 0.6) is 5.75 Å². The third kappa shape index (κ3) is 5.91. The van der Waals surface area contributed by atoms with E-state index in [4.69, 9.17) is 4.74 Å². The summed E-state index contributed by atoms with van der Waals surface area (Å²) in [6, 6.07) is 8.51. The number of aryl methyl sites for hydroxylation is 1. The summed E-state index contributed by atoms with van der Waals surface area (Å²) < 4.78 is 35.3. The summed E-state index contributed by atoms with van der Waals surface area (Å²) in [5.74, 6) is 0.765. The smallest absolute Gasteiger partial charge is 0.181 e. The molecule has 3 aromatic heterocycles. The van der Waals surface area contributed by atoms with Crippen LogP contribution in [0.25, 0.3) is 10.9 Å². The molecule has 0 unspecified atom stereocenters. The molecule has 0 amide bonds. The van der Waals surface area contributed by atoms with E-state index in [1.165, 1.54) is 0 Å². The number of piperazine rings is 1. The second-order valence-corrected chi connectivity index (χ2v) is 10.2. The zero-order chi connectivity index (χ0) is 28.3. The highest BCUT2D eigenvalue weighted by Crippen LogP contribution is 2.39. The van der Waals surface area contributed by atoms with E-state index in [9.17, 15) is 4.39 Å². The number of H-pyrrole nitrogens is 2. The zero-order valence-electron chi connectivity index (χ0n) is 22.7. The molecule has 3 N–H and O–H groups in total. The molecular weight excluding hydrogens is 528 g/mol. The van der Waals surface area contributed by atoms with Crippen LogP contribution in [0.2, 0.25) is 0 Å². The molecule has 41 heavy (non-hydrogen) atoms. The highest BCUT2D eigenvalue weighted by molar-refractivity contribution is 5.94. The lowest BCUT2D eigenvalue weighted by Gasteiger charge is -2.37. The Balaban J connectivity index is 1.22. The van der Waals surface area contributed by atoms with Crippen molar-refractivity contribution in [1.82, 2.24) is 25.1 Å². The average Bonchev–Trinajstić information content (AvgIpc) is 3.61. The van der Waals surface area contributed by atoms with E-state index < -0.39 is 11.6 Å². The Bertz CT molecular complexity index is 1600. The van der Waals surface area contributed by atoms with E-state index >= 15 is 4.39 Å². The van der Waals surface area contributed by atoms with Gasteiger partial charge < -0.3 is 24.8 Å². The molecule has 0 spiro atoms. The van der Waals surface area contributed by atoms with Gasteiger partial charge in [0.05, 0.1) is 17.4 Å². The van der Waals surface area contributed by atoms with Gasteiger partial charge in [0.2, 0.25) is 0 Å². The molecule has 2 fully saturated rings. The molecule has 1 aromatic carbocycles. The number of aromatic amines is 2. The Morgan fingerprint density at radius 2 is 2.05 bits per heavy atom. The number of fused-ring (bicyclic) bond motifs is 1. The van der Waals surface area contributed by atoms with E-state index in [-0.39, 0.29) is 23.4 Å².